The number of ether oxygens (including phenoxy) is 1. The fourth-order valence-corrected chi connectivity index (χ4v) is 1.10. The van der Waals surface area contributed by atoms with E-state index in [-0.39, 0.29) is 12.4 Å². The molecule has 0 saturated carbocycles. The van der Waals surface area contributed by atoms with Crippen LogP contribution in [0.3, 0.4) is 0 Å². The molecule has 80 valence electrons. The number of carbonyl (C=O) groups is 1. The van der Waals surface area contributed by atoms with Crippen molar-refractivity contribution in [2.45, 2.75) is 6.42 Å². The van der Waals surface area contributed by atoms with Crippen molar-refractivity contribution >= 4 is 29.0 Å². The number of aliphatic imine (C=N–C) groups is 1. The quantitative estimate of drug-likeness (QED) is 0.339. The zero-order chi connectivity index (χ0) is 11.8. The molecule has 0 aliphatic carbocycles. The number of hydrogen-bond donors (Lipinski definition) is 0. The normalized spacial score (nSPS) is 8.31. The molecule has 0 N–H and O–H groups in total. The number of methoxy groups -OCH3 is 1. The van der Waals surface area contributed by atoms with Gasteiger partial charge in [0, 0.05) is 5.56 Å². The van der Waals surface area contributed by atoms with Crippen molar-refractivity contribution in [3.8, 4) is 11.8 Å². The number of esters is 1. The fraction of sp³-hybridized carbons (Fsp3) is 0.167. The first-order valence-corrected chi connectivity index (χ1v) is 4.90. The summed E-state index contributed by atoms with van der Waals surface area (Å²) in [4.78, 5) is 14.6. The van der Waals surface area contributed by atoms with Gasteiger partial charge in [-0.15, -0.1) is 0 Å². The molecule has 0 aromatic heterocycles. The summed E-state index contributed by atoms with van der Waals surface area (Å²) in [6.07, 6.45) is 0.0805. The van der Waals surface area contributed by atoms with Gasteiger partial charge in [-0.2, -0.15) is 4.99 Å². The highest BCUT2D eigenvalue weighted by Crippen LogP contribution is 2.12. The van der Waals surface area contributed by atoms with E-state index in [0.717, 1.165) is 5.56 Å². The lowest BCUT2D eigenvalue weighted by molar-refractivity contribution is -0.139. The van der Waals surface area contributed by atoms with Crippen LogP contribution in [-0.4, -0.2) is 18.2 Å². The van der Waals surface area contributed by atoms with Gasteiger partial charge in [0.2, 0.25) is 0 Å². The number of carbonyl (C=O) groups excluding carboxylic acids is 1. The van der Waals surface area contributed by atoms with Crippen LogP contribution in [0.25, 0.3) is 0 Å². The van der Waals surface area contributed by atoms with Gasteiger partial charge in [-0.25, -0.2) is 0 Å². The molecule has 0 unspecified atom stereocenters. The zero-order valence-electron chi connectivity index (χ0n) is 8.69. The monoisotopic (exact) mass is 231 g/mol. The second kappa shape index (κ2) is 6.52. The van der Waals surface area contributed by atoms with Gasteiger partial charge in [-0.05, 0) is 30.4 Å². The van der Waals surface area contributed by atoms with Gasteiger partial charge in [-0.3, -0.25) is 4.79 Å². The van der Waals surface area contributed by atoms with E-state index in [2.05, 4.69) is 38.9 Å². The minimum atomic E-state index is -0.347. The van der Waals surface area contributed by atoms with Crippen LogP contribution in [0.4, 0.5) is 5.69 Å². The van der Waals surface area contributed by atoms with Crippen LogP contribution in [0, 0.1) is 11.8 Å². The van der Waals surface area contributed by atoms with Gasteiger partial charge in [-0.1, -0.05) is 17.9 Å². The van der Waals surface area contributed by atoms with Crippen molar-refractivity contribution in [3.63, 3.8) is 0 Å². The topological polar surface area (TPSA) is 38.7 Å². The highest BCUT2D eigenvalue weighted by molar-refractivity contribution is 7.78. The van der Waals surface area contributed by atoms with E-state index in [0.29, 0.717) is 5.69 Å². The van der Waals surface area contributed by atoms with Crippen LogP contribution in [0.2, 0.25) is 0 Å². The fourth-order valence-electron chi connectivity index (χ4n) is 0.997. The number of benzene rings is 1. The number of nitrogens with zero attached hydrogens (tertiary/aromatic N) is 1. The van der Waals surface area contributed by atoms with E-state index in [4.69, 9.17) is 0 Å². The maximum Gasteiger partial charge on any atom is 0.317 e. The zero-order valence-corrected chi connectivity index (χ0v) is 9.50. The Morgan fingerprint density at radius 3 is 3.06 bits per heavy atom. The lowest BCUT2D eigenvalue weighted by atomic mass is 10.2. The maximum absolute atomic E-state index is 10.8. The summed E-state index contributed by atoms with van der Waals surface area (Å²) in [6.45, 7) is 0. The van der Waals surface area contributed by atoms with Crippen LogP contribution in [-0.2, 0) is 9.53 Å². The lowest BCUT2D eigenvalue weighted by Gasteiger charge is -1.92. The summed E-state index contributed by atoms with van der Waals surface area (Å²) in [7, 11) is 1.33. The first-order chi connectivity index (χ1) is 7.76. The molecule has 0 saturated heterocycles. The SMILES string of the molecule is COC(=O)CC#Cc1cccc(N=C=S)c1. The van der Waals surface area contributed by atoms with E-state index in [1.54, 1.807) is 12.1 Å². The minimum Gasteiger partial charge on any atom is -0.468 e. The Kier molecular flexibility index (Phi) is 4.94. The molecule has 1 aromatic carbocycles. The van der Waals surface area contributed by atoms with E-state index in [1.807, 2.05) is 12.1 Å². The summed E-state index contributed by atoms with van der Waals surface area (Å²) in [5.41, 5.74) is 1.47. The molecule has 0 aliphatic heterocycles. The van der Waals surface area contributed by atoms with Crippen molar-refractivity contribution in [2.75, 3.05) is 7.11 Å². The van der Waals surface area contributed by atoms with Crippen LogP contribution in [0.15, 0.2) is 29.3 Å². The highest BCUT2D eigenvalue weighted by atomic mass is 32.1. The highest BCUT2D eigenvalue weighted by Gasteiger charge is 1.94. The van der Waals surface area contributed by atoms with Gasteiger partial charge >= 0.3 is 5.97 Å². The summed E-state index contributed by atoms with van der Waals surface area (Å²) < 4.78 is 4.47. The maximum atomic E-state index is 10.8. The second-order valence-electron chi connectivity index (χ2n) is 2.81. The predicted octanol–water partition coefficient (Wildman–Crippen LogP) is 2.34. The van der Waals surface area contributed by atoms with E-state index >= 15 is 0 Å². The molecule has 0 radical (unpaired) electrons. The Morgan fingerprint density at radius 1 is 1.56 bits per heavy atom. The van der Waals surface area contributed by atoms with Crippen LogP contribution in [0.5, 0.6) is 0 Å². The van der Waals surface area contributed by atoms with Crippen molar-refractivity contribution in [2.24, 2.45) is 4.99 Å². The molecule has 3 nitrogen and oxygen atoms in total. The molecule has 0 heterocycles. The number of thiocarbonyl (C=S) groups is 1. The standard InChI is InChI=1S/C12H9NO2S/c1-15-12(14)7-3-5-10-4-2-6-11(8-10)13-9-16/h2,4,6,8H,7H2,1H3. The van der Waals surface area contributed by atoms with Crippen molar-refractivity contribution in [1.82, 2.24) is 0 Å². The van der Waals surface area contributed by atoms with E-state index < -0.39 is 0 Å². The third-order valence-electron chi connectivity index (χ3n) is 1.71. The molecule has 4 heteroatoms. The molecule has 0 atom stereocenters. The lowest BCUT2D eigenvalue weighted by Crippen LogP contribution is -1.96. The second-order valence-corrected chi connectivity index (χ2v) is 2.99. The number of hydrogen-bond acceptors (Lipinski definition) is 4. The Balaban J connectivity index is 2.77. The molecular weight excluding hydrogens is 222 g/mol. The van der Waals surface area contributed by atoms with Crippen LogP contribution >= 0.6 is 12.2 Å². The molecule has 1 aromatic rings. The third-order valence-corrected chi connectivity index (χ3v) is 1.81. The van der Waals surface area contributed by atoms with Crippen molar-refractivity contribution in [1.29, 1.82) is 0 Å². The summed E-state index contributed by atoms with van der Waals surface area (Å²) >= 11 is 4.50. The molecule has 0 aliphatic rings. The van der Waals surface area contributed by atoms with Gasteiger partial charge in [0.15, 0.2) is 0 Å². The smallest absolute Gasteiger partial charge is 0.317 e. The Labute approximate surface area is 99.1 Å². The number of rotatable bonds is 2. The van der Waals surface area contributed by atoms with Crippen LogP contribution < -0.4 is 0 Å². The van der Waals surface area contributed by atoms with Gasteiger partial charge in [0.05, 0.1) is 18.0 Å². The van der Waals surface area contributed by atoms with E-state index in [9.17, 15) is 4.79 Å². The molecule has 0 amide bonds. The average Bonchev–Trinajstić information content (AvgIpc) is 2.30. The molecule has 16 heavy (non-hydrogen) atoms. The van der Waals surface area contributed by atoms with Crippen LogP contribution in [0.1, 0.15) is 12.0 Å². The molecule has 0 fully saturated rings. The van der Waals surface area contributed by atoms with Gasteiger partial charge in [0.25, 0.3) is 0 Å². The summed E-state index contributed by atoms with van der Waals surface area (Å²) in [6, 6.07) is 7.20. The van der Waals surface area contributed by atoms with Crippen molar-refractivity contribution in [3.05, 3.63) is 29.8 Å². The van der Waals surface area contributed by atoms with Crippen molar-refractivity contribution < 1.29 is 9.53 Å². The Morgan fingerprint density at radius 2 is 2.38 bits per heavy atom. The van der Waals surface area contributed by atoms with Gasteiger partial charge in [0.1, 0.15) is 6.42 Å². The first kappa shape index (κ1) is 12.1. The Hall–Kier alpha value is -1.95. The predicted molar refractivity (Wildman–Crippen MR) is 64.6 cm³/mol. The van der Waals surface area contributed by atoms with E-state index in [1.165, 1.54) is 7.11 Å². The number of isothiocyanates is 1. The molecular formula is C12H9NO2S. The van der Waals surface area contributed by atoms with Gasteiger partial charge < -0.3 is 4.74 Å². The molecule has 0 spiro atoms. The first-order valence-electron chi connectivity index (χ1n) is 4.50. The average molecular weight is 231 g/mol. The third kappa shape index (κ3) is 4.05. The largest absolute Gasteiger partial charge is 0.468 e. The summed E-state index contributed by atoms with van der Waals surface area (Å²) in [5, 5.41) is 2.28. The minimum absolute atomic E-state index is 0.0805. The molecule has 1 rings (SSSR count). The Bertz CT molecular complexity index is 493. The summed E-state index contributed by atoms with van der Waals surface area (Å²) in [5.74, 6) is 5.20. The molecule has 0 bridgehead atoms.